The summed E-state index contributed by atoms with van der Waals surface area (Å²) in [5.41, 5.74) is 0.844. The summed E-state index contributed by atoms with van der Waals surface area (Å²) in [6.07, 6.45) is 0.904. The Hall–Kier alpha value is -1.87. The minimum Gasteiger partial charge on any atom is -0.389 e. The molecule has 0 saturated heterocycles. The summed E-state index contributed by atoms with van der Waals surface area (Å²) < 4.78 is 21.9. The Balaban J connectivity index is 2.65. The number of hydrogen-bond donors (Lipinski definition) is 0. The fourth-order valence-corrected chi connectivity index (χ4v) is 1.26. The topological polar surface area (TPSA) is 79.5 Å². The third-order valence-electron chi connectivity index (χ3n) is 1.67. The average Bonchev–Trinajstić information content (AvgIpc) is 2.24. The quantitative estimate of drug-likeness (QED) is 0.448. The molecule has 5 nitrogen and oxygen atoms in total. The number of nitrogens with zero attached hydrogens (tertiary/aromatic N) is 2. The van der Waals surface area contributed by atoms with E-state index < -0.39 is 14.9 Å². The van der Waals surface area contributed by atoms with E-state index in [1.165, 1.54) is 6.07 Å². The van der Waals surface area contributed by atoms with Crippen LogP contribution in [0.25, 0.3) is 0 Å². The molecular weight excluding hydrogens is 228 g/mol. The van der Waals surface area contributed by atoms with Crippen LogP contribution in [0.4, 0.5) is 0 Å². The van der Waals surface area contributed by atoms with E-state index >= 15 is 0 Å². The lowest BCUT2D eigenvalue weighted by molar-refractivity contribution is 0.131. The first-order valence-corrected chi connectivity index (χ1v) is 6.27. The van der Waals surface area contributed by atoms with Gasteiger partial charge in [0.2, 0.25) is 9.84 Å². The van der Waals surface area contributed by atoms with Crippen molar-refractivity contribution in [3.63, 3.8) is 0 Å². The smallest absolute Gasteiger partial charge is 0.270 e. The molecule has 0 unspecified atom stereocenters. The van der Waals surface area contributed by atoms with Gasteiger partial charge in [-0.15, -0.1) is 0 Å². The van der Waals surface area contributed by atoms with E-state index in [-0.39, 0.29) is 6.61 Å². The van der Waals surface area contributed by atoms with Crippen molar-refractivity contribution in [3.05, 3.63) is 35.9 Å². The van der Waals surface area contributed by atoms with Crippen LogP contribution in [0.1, 0.15) is 5.56 Å². The molecule has 0 bridgehead atoms. The van der Waals surface area contributed by atoms with Crippen LogP contribution in [-0.2, 0) is 21.3 Å². The minimum absolute atomic E-state index is 0.127. The Bertz CT molecular complexity index is 515. The SMILES string of the molecule is CS(=O)(=O)/C(C#N)=N\OCc1ccccc1. The van der Waals surface area contributed by atoms with Crippen molar-refractivity contribution in [2.45, 2.75) is 6.61 Å². The molecule has 1 aromatic rings. The molecule has 0 saturated carbocycles. The van der Waals surface area contributed by atoms with Crippen LogP contribution in [0, 0.1) is 11.3 Å². The maximum atomic E-state index is 11.0. The molecular formula is C10H10N2O3S. The number of nitriles is 1. The number of rotatable bonds is 3. The van der Waals surface area contributed by atoms with Crippen LogP contribution >= 0.6 is 0 Å². The Morgan fingerprint density at radius 3 is 2.56 bits per heavy atom. The van der Waals surface area contributed by atoms with Crippen LogP contribution in [-0.4, -0.2) is 19.7 Å². The summed E-state index contributed by atoms with van der Waals surface area (Å²) in [5.74, 6) is 0. The summed E-state index contributed by atoms with van der Waals surface area (Å²) in [6.45, 7) is 0.127. The predicted molar refractivity (Wildman–Crippen MR) is 59.1 cm³/mol. The van der Waals surface area contributed by atoms with Gasteiger partial charge in [0.05, 0.1) is 0 Å². The fraction of sp³-hybridized carbons (Fsp3) is 0.200. The number of sulfone groups is 1. The zero-order chi connectivity index (χ0) is 12.0. The molecule has 1 rings (SSSR count). The van der Waals surface area contributed by atoms with Gasteiger partial charge in [0.15, 0.2) is 0 Å². The lowest BCUT2D eigenvalue weighted by Crippen LogP contribution is -2.10. The monoisotopic (exact) mass is 238 g/mol. The third kappa shape index (κ3) is 3.71. The molecule has 0 heterocycles. The Morgan fingerprint density at radius 1 is 1.44 bits per heavy atom. The van der Waals surface area contributed by atoms with Crippen molar-refractivity contribution in [2.75, 3.05) is 6.26 Å². The molecule has 0 aliphatic carbocycles. The Kier molecular flexibility index (Phi) is 4.03. The van der Waals surface area contributed by atoms with Crippen molar-refractivity contribution < 1.29 is 13.3 Å². The second kappa shape index (κ2) is 5.28. The molecule has 0 amide bonds. The molecule has 16 heavy (non-hydrogen) atoms. The maximum Gasteiger partial charge on any atom is 0.270 e. The van der Waals surface area contributed by atoms with Crippen LogP contribution < -0.4 is 0 Å². The van der Waals surface area contributed by atoms with E-state index in [9.17, 15) is 8.42 Å². The molecule has 6 heteroatoms. The van der Waals surface area contributed by atoms with Gasteiger partial charge in [0, 0.05) is 6.26 Å². The van der Waals surface area contributed by atoms with Gasteiger partial charge in [-0.1, -0.05) is 35.5 Å². The van der Waals surface area contributed by atoms with Gasteiger partial charge >= 0.3 is 0 Å². The standard InChI is InChI=1S/C10H10N2O3S/c1-16(13,14)10(7-11)12-15-8-9-5-3-2-4-6-9/h2-6H,8H2,1H3/b12-10-. The lowest BCUT2D eigenvalue weighted by atomic mass is 10.2. The summed E-state index contributed by atoms with van der Waals surface area (Å²) in [4.78, 5) is 4.79. The highest BCUT2D eigenvalue weighted by Gasteiger charge is 2.13. The van der Waals surface area contributed by atoms with E-state index in [0.717, 1.165) is 11.8 Å². The molecule has 0 atom stereocenters. The van der Waals surface area contributed by atoms with Crippen LogP contribution in [0.15, 0.2) is 35.5 Å². The molecule has 0 aromatic heterocycles. The minimum atomic E-state index is -3.61. The van der Waals surface area contributed by atoms with Crippen molar-refractivity contribution in [1.29, 1.82) is 5.26 Å². The van der Waals surface area contributed by atoms with Crippen molar-refractivity contribution >= 4 is 14.9 Å². The second-order valence-electron chi connectivity index (χ2n) is 3.04. The van der Waals surface area contributed by atoms with Crippen LogP contribution in [0.5, 0.6) is 0 Å². The molecule has 0 aliphatic rings. The molecule has 1 aromatic carbocycles. The average molecular weight is 238 g/mol. The predicted octanol–water partition coefficient (Wildman–Crippen LogP) is 1.08. The molecule has 0 N–H and O–H groups in total. The normalized spacial score (nSPS) is 11.9. The van der Waals surface area contributed by atoms with Gasteiger partial charge < -0.3 is 4.84 Å². The summed E-state index contributed by atoms with van der Waals surface area (Å²) in [6, 6.07) is 10.6. The van der Waals surface area contributed by atoms with E-state index in [1.807, 2.05) is 30.3 Å². The summed E-state index contributed by atoms with van der Waals surface area (Å²) >= 11 is 0. The first-order chi connectivity index (χ1) is 7.54. The van der Waals surface area contributed by atoms with E-state index in [1.54, 1.807) is 0 Å². The highest BCUT2D eigenvalue weighted by Crippen LogP contribution is 2.01. The second-order valence-corrected chi connectivity index (χ2v) is 4.97. The van der Waals surface area contributed by atoms with Gasteiger partial charge in [0.25, 0.3) is 5.04 Å². The zero-order valence-electron chi connectivity index (χ0n) is 8.62. The van der Waals surface area contributed by atoms with E-state index in [0.29, 0.717) is 0 Å². The Morgan fingerprint density at radius 2 is 2.06 bits per heavy atom. The van der Waals surface area contributed by atoms with Gasteiger partial charge in [-0.25, -0.2) is 8.42 Å². The van der Waals surface area contributed by atoms with Gasteiger partial charge in [0.1, 0.15) is 12.7 Å². The largest absolute Gasteiger partial charge is 0.389 e. The number of oxime groups is 1. The van der Waals surface area contributed by atoms with Crippen molar-refractivity contribution in [3.8, 4) is 6.07 Å². The molecule has 0 spiro atoms. The molecule has 0 aliphatic heterocycles. The van der Waals surface area contributed by atoms with Gasteiger partial charge in [-0.3, -0.25) is 0 Å². The zero-order valence-corrected chi connectivity index (χ0v) is 9.44. The van der Waals surface area contributed by atoms with Gasteiger partial charge in [-0.05, 0) is 5.56 Å². The number of hydrogen-bond acceptors (Lipinski definition) is 5. The Labute approximate surface area is 93.9 Å². The lowest BCUT2D eigenvalue weighted by Gasteiger charge is -1.99. The molecule has 0 fully saturated rings. The van der Waals surface area contributed by atoms with Gasteiger partial charge in [-0.2, -0.15) is 5.26 Å². The number of benzene rings is 1. The van der Waals surface area contributed by atoms with Crippen molar-refractivity contribution in [1.82, 2.24) is 0 Å². The molecule has 0 radical (unpaired) electrons. The van der Waals surface area contributed by atoms with Crippen LogP contribution in [0.2, 0.25) is 0 Å². The summed E-state index contributed by atoms with van der Waals surface area (Å²) in [5, 5.41) is 11.2. The molecule has 84 valence electrons. The highest BCUT2D eigenvalue weighted by molar-refractivity contribution is 8.06. The highest BCUT2D eigenvalue weighted by atomic mass is 32.2. The maximum absolute atomic E-state index is 11.0. The van der Waals surface area contributed by atoms with E-state index in [2.05, 4.69) is 5.16 Å². The fourth-order valence-electron chi connectivity index (χ4n) is 0.911. The summed E-state index contributed by atoms with van der Waals surface area (Å²) in [7, 11) is -3.61. The third-order valence-corrected chi connectivity index (χ3v) is 2.54. The first kappa shape index (κ1) is 12.2. The first-order valence-electron chi connectivity index (χ1n) is 4.38. The van der Waals surface area contributed by atoms with E-state index in [4.69, 9.17) is 10.1 Å². The van der Waals surface area contributed by atoms with Crippen LogP contribution in [0.3, 0.4) is 0 Å². The van der Waals surface area contributed by atoms with Crippen molar-refractivity contribution in [2.24, 2.45) is 5.16 Å².